The molecule has 2 rings (SSSR count). The fourth-order valence-corrected chi connectivity index (χ4v) is 2.90. The number of hydrogen-bond acceptors (Lipinski definition) is 3. The van der Waals surface area contributed by atoms with Crippen molar-refractivity contribution in [3.05, 3.63) is 28.8 Å². The van der Waals surface area contributed by atoms with Gasteiger partial charge in [-0.05, 0) is 55.9 Å². The first-order chi connectivity index (χ1) is 9.04. The zero-order valence-electron chi connectivity index (χ0n) is 12.2. The predicted octanol–water partition coefficient (Wildman–Crippen LogP) is 3.20. The fourth-order valence-electron chi connectivity index (χ4n) is 2.90. The van der Waals surface area contributed by atoms with Crippen molar-refractivity contribution >= 4 is 5.97 Å². The lowest BCUT2D eigenvalue weighted by molar-refractivity contribution is -0.158. The Balaban J connectivity index is 2.28. The Kier molecular flexibility index (Phi) is 3.83. The van der Waals surface area contributed by atoms with Crippen LogP contribution in [0.1, 0.15) is 36.0 Å². The minimum absolute atomic E-state index is 0.0633. The normalized spacial score (nSPS) is 16.6. The molecule has 1 fully saturated rings. The van der Waals surface area contributed by atoms with Crippen LogP contribution < -0.4 is 4.74 Å². The number of methoxy groups -OCH3 is 2. The third-order valence-electron chi connectivity index (χ3n) is 4.53. The van der Waals surface area contributed by atoms with E-state index in [2.05, 4.69) is 19.9 Å². The lowest BCUT2D eigenvalue weighted by Gasteiger charge is -2.39. The third-order valence-corrected chi connectivity index (χ3v) is 4.53. The molecule has 1 aromatic rings. The van der Waals surface area contributed by atoms with Crippen LogP contribution in [0.5, 0.6) is 5.75 Å². The van der Waals surface area contributed by atoms with Gasteiger partial charge >= 0.3 is 5.97 Å². The van der Waals surface area contributed by atoms with Gasteiger partial charge in [-0.25, -0.2) is 0 Å². The highest BCUT2D eigenvalue weighted by Gasteiger charge is 2.45. The van der Waals surface area contributed by atoms with Crippen LogP contribution in [0.4, 0.5) is 0 Å². The molecule has 0 heterocycles. The van der Waals surface area contributed by atoms with Gasteiger partial charge in [0.05, 0.1) is 19.6 Å². The molecule has 1 saturated carbocycles. The van der Waals surface area contributed by atoms with E-state index < -0.39 is 0 Å². The van der Waals surface area contributed by atoms with Gasteiger partial charge in [0.2, 0.25) is 0 Å². The molecule has 0 amide bonds. The topological polar surface area (TPSA) is 35.5 Å². The second-order valence-electron chi connectivity index (χ2n) is 5.48. The first-order valence-corrected chi connectivity index (χ1v) is 6.75. The standard InChI is InChI=1S/C16H22O3/c1-11-12(2)14(18-3)7-6-13(11)10-16(8-5-9-16)15(17)19-4/h6-7H,5,8-10H2,1-4H3. The summed E-state index contributed by atoms with van der Waals surface area (Å²) in [6.45, 7) is 4.15. The molecule has 1 aliphatic rings. The van der Waals surface area contributed by atoms with Gasteiger partial charge < -0.3 is 9.47 Å². The monoisotopic (exact) mass is 262 g/mol. The van der Waals surface area contributed by atoms with Crippen LogP contribution in [-0.2, 0) is 16.0 Å². The summed E-state index contributed by atoms with van der Waals surface area (Å²) in [5, 5.41) is 0. The highest BCUT2D eigenvalue weighted by Crippen LogP contribution is 2.45. The molecule has 0 unspecified atom stereocenters. The molecule has 1 aromatic carbocycles. The number of benzene rings is 1. The molecule has 0 saturated heterocycles. The van der Waals surface area contributed by atoms with Crippen LogP contribution >= 0.6 is 0 Å². The van der Waals surface area contributed by atoms with Crippen LogP contribution in [0.2, 0.25) is 0 Å². The minimum atomic E-state index is -0.291. The molecule has 3 heteroatoms. The third kappa shape index (κ3) is 2.34. The van der Waals surface area contributed by atoms with Crippen molar-refractivity contribution < 1.29 is 14.3 Å². The Labute approximate surface area is 114 Å². The lowest BCUT2D eigenvalue weighted by Crippen LogP contribution is -2.41. The summed E-state index contributed by atoms with van der Waals surface area (Å²) in [6, 6.07) is 4.06. The summed E-state index contributed by atoms with van der Waals surface area (Å²) in [5.74, 6) is 0.841. The summed E-state index contributed by atoms with van der Waals surface area (Å²) in [6.07, 6.45) is 3.76. The van der Waals surface area contributed by atoms with E-state index in [1.54, 1.807) is 7.11 Å². The fraction of sp³-hybridized carbons (Fsp3) is 0.562. The predicted molar refractivity (Wildman–Crippen MR) is 74.5 cm³/mol. The molecule has 0 aliphatic heterocycles. The maximum absolute atomic E-state index is 12.0. The van der Waals surface area contributed by atoms with Gasteiger partial charge in [-0.15, -0.1) is 0 Å². The van der Waals surface area contributed by atoms with E-state index >= 15 is 0 Å². The van der Waals surface area contributed by atoms with E-state index in [1.165, 1.54) is 18.2 Å². The minimum Gasteiger partial charge on any atom is -0.496 e. The Morgan fingerprint density at radius 1 is 1.21 bits per heavy atom. The smallest absolute Gasteiger partial charge is 0.312 e. The van der Waals surface area contributed by atoms with Gasteiger partial charge in [-0.2, -0.15) is 0 Å². The molecule has 19 heavy (non-hydrogen) atoms. The molecule has 3 nitrogen and oxygen atoms in total. The number of hydrogen-bond donors (Lipinski definition) is 0. The quantitative estimate of drug-likeness (QED) is 0.782. The van der Waals surface area contributed by atoms with Gasteiger partial charge in [0, 0.05) is 0 Å². The second-order valence-corrected chi connectivity index (χ2v) is 5.48. The molecule has 0 aromatic heterocycles. The van der Waals surface area contributed by atoms with E-state index in [0.29, 0.717) is 0 Å². The van der Waals surface area contributed by atoms with E-state index in [1.807, 2.05) is 6.07 Å². The Hall–Kier alpha value is -1.51. The number of carbonyl (C=O) groups excluding carboxylic acids is 1. The zero-order chi connectivity index (χ0) is 14.0. The van der Waals surface area contributed by atoms with Crippen molar-refractivity contribution in [2.75, 3.05) is 14.2 Å². The van der Waals surface area contributed by atoms with Crippen molar-refractivity contribution in [3.63, 3.8) is 0 Å². The molecule has 0 radical (unpaired) electrons. The second kappa shape index (κ2) is 5.24. The van der Waals surface area contributed by atoms with Crippen molar-refractivity contribution in [3.8, 4) is 5.75 Å². The molecular weight excluding hydrogens is 240 g/mol. The van der Waals surface area contributed by atoms with Crippen LogP contribution in [-0.4, -0.2) is 20.2 Å². The molecule has 0 bridgehead atoms. The van der Waals surface area contributed by atoms with Gasteiger partial charge in [-0.3, -0.25) is 4.79 Å². The highest BCUT2D eigenvalue weighted by atomic mass is 16.5. The highest BCUT2D eigenvalue weighted by molar-refractivity contribution is 5.78. The van der Waals surface area contributed by atoms with Gasteiger partial charge in [0.1, 0.15) is 5.75 Å². The molecule has 0 N–H and O–H groups in total. The largest absolute Gasteiger partial charge is 0.496 e. The first kappa shape index (κ1) is 13.9. The summed E-state index contributed by atoms with van der Waals surface area (Å²) < 4.78 is 10.3. The van der Waals surface area contributed by atoms with Gasteiger partial charge in [0.25, 0.3) is 0 Å². The van der Waals surface area contributed by atoms with Gasteiger partial charge in [-0.1, -0.05) is 12.5 Å². The summed E-state index contributed by atoms with van der Waals surface area (Å²) in [5.41, 5.74) is 3.30. The summed E-state index contributed by atoms with van der Waals surface area (Å²) in [7, 11) is 3.16. The van der Waals surface area contributed by atoms with Crippen molar-refractivity contribution in [1.29, 1.82) is 0 Å². The SMILES string of the molecule is COC(=O)C1(Cc2ccc(OC)c(C)c2C)CCC1. The number of ether oxygens (including phenoxy) is 2. The summed E-state index contributed by atoms with van der Waals surface area (Å²) in [4.78, 5) is 12.0. The zero-order valence-corrected chi connectivity index (χ0v) is 12.2. The van der Waals surface area contributed by atoms with Crippen molar-refractivity contribution in [2.45, 2.75) is 39.5 Å². The van der Waals surface area contributed by atoms with Crippen LogP contribution in [0.25, 0.3) is 0 Å². The Bertz CT molecular complexity index is 487. The maximum atomic E-state index is 12.0. The number of carbonyl (C=O) groups is 1. The molecule has 0 atom stereocenters. The maximum Gasteiger partial charge on any atom is 0.312 e. The number of rotatable bonds is 4. The average molecular weight is 262 g/mol. The van der Waals surface area contributed by atoms with Gasteiger partial charge in [0.15, 0.2) is 0 Å². The van der Waals surface area contributed by atoms with E-state index in [4.69, 9.17) is 9.47 Å². The van der Waals surface area contributed by atoms with Crippen LogP contribution in [0, 0.1) is 19.3 Å². The molecule has 1 aliphatic carbocycles. The van der Waals surface area contributed by atoms with E-state index in [-0.39, 0.29) is 11.4 Å². The Morgan fingerprint density at radius 3 is 2.37 bits per heavy atom. The van der Waals surface area contributed by atoms with E-state index in [0.717, 1.165) is 37.0 Å². The molecule has 0 spiro atoms. The van der Waals surface area contributed by atoms with Crippen LogP contribution in [0.15, 0.2) is 12.1 Å². The Morgan fingerprint density at radius 2 is 1.89 bits per heavy atom. The van der Waals surface area contributed by atoms with Crippen LogP contribution in [0.3, 0.4) is 0 Å². The van der Waals surface area contributed by atoms with Crippen molar-refractivity contribution in [2.24, 2.45) is 5.41 Å². The molecule has 104 valence electrons. The van der Waals surface area contributed by atoms with Crippen molar-refractivity contribution in [1.82, 2.24) is 0 Å². The molecular formula is C16H22O3. The summed E-state index contributed by atoms with van der Waals surface area (Å²) >= 11 is 0. The van der Waals surface area contributed by atoms with E-state index in [9.17, 15) is 4.79 Å². The average Bonchev–Trinajstić information content (AvgIpc) is 2.38. The lowest BCUT2D eigenvalue weighted by atomic mass is 9.65. The first-order valence-electron chi connectivity index (χ1n) is 6.75. The number of esters is 1.